The highest BCUT2D eigenvalue weighted by atomic mass is 19.4. The van der Waals surface area contributed by atoms with Crippen molar-refractivity contribution in [3.05, 3.63) is 71.4 Å². The number of ether oxygens (including phenoxy) is 2. The van der Waals surface area contributed by atoms with Gasteiger partial charge < -0.3 is 19.3 Å². The molecular weight excluding hydrogens is 467 g/mol. The lowest BCUT2D eigenvalue weighted by molar-refractivity contribution is -0.137. The Balaban J connectivity index is 1.63. The van der Waals surface area contributed by atoms with Gasteiger partial charge in [-0.1, -0.05) is 35.5 Å². The van der Waals surface area contributed by atoms with Crippen molar-refractivity contribution in [1.29, 1.82) is 0 Å². The molecule has 2 aromatic heterocycles. The van der Waals surface area contributed by atoms with Crippen LogP contribution < -0.4 is 10.1 Å². The molecule has 4 aromatic rings. The summed E-state index contributed by atoms with van der Waals surface area (Å²) in [6, 6.07) is 12.6. The third-order valence-corrected chi connectivity index (χ3v) is 5.06. The van der Waals surface area contributed by atoms with Crippen LogP contribution in [0, 0.1) is 6.92 Å². The molecule has 2 heterocycles. The summed E-state index contributed by atoms with van der Waals surface area (Å²) in [6.07, 6.45) is -4.65. The molecule has 4 rings (SSSR count). The third-order valence-electron chi connectivity index (χ3n) is 5.06. The van der Waals surface area contributed by atoms with Crippen LogP contribution in [0.1, 0.15) is 21.6 Å². The molecule has 0 aliphatic heterocycles. The largest absolute Gasteiger partial charge is 0.495 e. The van der Waals surface area contributed by atoms with Crippen LogP contribution in [-0.4, -0.2) is 35.7 Å². The Hall–Kier alpha value is -4.41. The van der Waals surface area contributed by atoms with E-state index in [1.807, 2.05) is 0 Å². The molecular formula is C24H18F3N3O5. The molecule has 0 radical (unpaired) electrons. The number of para-hydroxylation sites is 2. The zero-order valence-corrected chi connectivity index (χ0v) is 18.5. The van der Waals surface area contributed by atoms with Crippen molar-refractivity contribution in [2.24, 2.45) is 0 Å². The predicted octanol–water partition coefficient (Wildman–Crippen LogP) is 5.02. The molecule has 0 spiro atoms. The molecule has 0 bridgehead atoms. The Bertz CT molecular complexity index is 1420. The molecule has 180 valence electrons. The fourth-order valence-corrected chi connectivity index (χ4v) is 3.49. The smallest absolute Gasteiger partial charge is 0.417 e. The number of alkyl halides is 3. The van der Waals surface area contributed by atoms with E-state index in [1.165, 1.54) is 25.3 Å². The summed E-state index contributed by atoms with van der Waals surface area (Å²) in [5.41, 5.74) is -0.949. The van der Waals surface area contributed by atoms with Crippen LogP contribution in [0.4, 0.5) is 18.9 Å². The summed E-state index contributed by atoms with van der Waals surface area (Å²) in [7, 11) is 1.44. The number of rotatable bonds is 6. The summed E-state index contributed by atoms with van der Waals surface area (Å²) in [6.45, 7) is 0.890. The van der Waals surface area contributed by atoms with Crippen molar-refractivity contribution in [1.82, 2.24) is 10.1 Å². The van der Waals surface area contributed by atoms with Gasteiger partial charge in [0.1, 0.15) is 5.75 Å². The van der Waals surface area contributed by atoms with Crippen molar-refractivity contribution < 1.29 is 36.8 Å². The number of esters is 1. The van der Waals surface area contributed by atoms with Gasteiger partial charge in [-0.15, -0.1) is 0 Å². The second-order valence-corrected chi connectivity index (χ2v) is 7.37. The summed E-state index contributed by atoms with van der Waals surface area (Å²) in [5, 5.41) is 6.49. The first-order valence-electron chi connectivity index (χ1n) is 10.2. The quantitative estimate of drug-likeness (QED) is 0.383. The molecule has 1 N–H and O–H groups in total. The standard InChI is InChI=1S/C24H18F3N3O5/c1-13-21-15(23(32)34-12-20(31)28-17-9-5-6-10-19(17)33-2)11-18(29-22(21)35-30-13)14-7-3-4-8-16(14)24(25,26)27/h3-11H,12H2,1-2H3,(H,28,31). The minimum absolute atomic E-state index is 0.134. The number of aryl methyl sites for hydroxylation is 1. The average Bonchev–Trinajstić information content (AvgIpc) is 3.22. The second-order valence-electron chi connectivity index (χ2n) is 7.37. The van der Waals surface area contributed by atoms with E-state index in [2.05, 4.69) is 15.5 Å². The lowest BCUT2D eigenvalue weighted by Gasteiger charge is -2.13. The third kappa shape index (κ3) is 4.93. The zero-order chi connectivity index (χ0) is 25.2. The number of methoxy groups -OCH3 is 1. The first-order chi connectivity index (χ1) is 16.7. The Morgan fingerprint density at radius 3 is 2.54 bits per heavy atom. The summed E-state index contributed by atoms with van der Waals surface area (Å²) < 4.78 is 56.1. The van der Waals surface area contributed by atoms with Gasteiger partial charge in [-0.3, -0.25) is 4.79 Å². The Morgan fingerprint density at radius 2 is 1.80 bits per heavy atom. The van der Waals surface area contributed by atoms with Crippen LogP contribution in [0.3, 0.4) is 0 Å². The van der Waals surface area contributed by atoms with Gasteiger partial charge in [0.2, 0.25) is 0 Å². The van der Waals surface area contributed by atoms with Gasteiger partial charge in [0.15, 0.2) is 6.61 Å². The van der Waals surface area contributed by atoms with E-state index in [4.69, 9.17) is 14.0 Å². The maximum Gasteiger partial charge on any atom is 0.417 e. The highest BCUT2D eigenvalue weighted by Gasteiger charge is 2.34. The van der Waals surface area contributed by atoms with E-state index in [0.29, 0.717) is 11.4 Å². The Labute approximate surface area is 196 Å². The highest BCUT2D eigenvalue weighted by Crippen LogP contribution is 2.37. The summed E-state index contributed by atoms with van der Waals surface area (Å²) in [4.78, 5) is 29.4. The number of aromatic nitrogens is 2. The zero-order valence-electron chi connectivity index (χ0n) is 18.5. The highest BCUT2D eigenvalue weighted by molar-refractivity contribution is 6.05. The minimum Gasteiger partial charge on any atom is -0.495 e. The van der Waals surface area contributed by atoms with E-state index < -0.39 is 30.2 Å². The topological polar surface area (TPSA) is 104 Å². The van der Waals surface area contributed by atoms with Gasteiger partial charge in [0.05, 0.1) is 40.7 Å². The van der Waals surface area contributed by atoms with E-state index in [9.17, 15) is 22.8 Å². The van der Waals surface area contributed by atoms with Crippen LogP contribution in [0.15, 0.2) is 59.1 Å². The van der Waals surface area contributed by atoms with Crippen LogP contribution in [-0.2, 0) is 15.7 Å². The monoisotopic (exact) mass is 485 g/mol. The SMILES string of the molecule is COc1ccccc1NC(=O)COC(=O)c1cc(-c2ccccc2C(F)(F)F)nc2onc(C)c12. The number of anilines is 1. The van der Waals surface area contributed by atoms with Crippen LogP contribution in [0.5, 0.6) is 5.75 Å². The molecule has 2 aromatic carbocycles. The van der Waals surface area contributed by atoms with Crippen molar-refractivity contribution in [2.45, 2.75) is 13.1 Å². The molecule has 0 saturated heterocycles. The fourth-order valence-electron chi connectivity index (χ4n) is 3.49. The number of hydrogen-bond acceptors (Lipinski definition) is 7. The molecule has 0 aliphatic carbocycles. The number of fused-ring (bicyclic) bond motifs is 1. The maximum absolute atomic E-state index is 13.5. The number of carbonyl (C=O) groups is 2. The molecule has 0 fully saturated rings. The lowest BCUT2D eigenvalue weighted by Crippen LogP contribution is -2.21. The molecule has 0 atom stereocenters. The van der Waals surface area contributed by atoms with Gasteiger partial charge in [0, 0.05) is 5.56 Å². The number of benzene rings is 2. The van der Waals surface area contributed by atoms with Crippen molar-refractivity contribution in [3.63, 3.8) is 0 Å². The lowest BCUT2D eigenvalue weighted by atomic mass is 10.0. The van der Waals surface area contributed by atoms with Gasteiger partial charge in [-0.25, -0.2) is 9.78 Å². The summed E-state index contributed by atoms with van der Waals surface area (Å²) in [5.74, 6) is -1.18. The van der Waals surface area contributed by atoms with E-state index in [0.717, 1.165) is 12.1 Å². The van der Waals surface area contributed by atoms with Gasteiger partial charge >= 0.3 is 12.1 Å². The molecule has 35 heavy (non-hydrogen) atoms. The minimum atomic E-state index is -4.65. The Kier molecular flexibility index (Phi) is 6.41. The molecule has 0 aliphatic rings. The first kappa shape index (κ1) is 23.7. The molecule has 0 unspecified atom stereocenters. The van der Waals surface area contributed by atoms with Crippen molar-refractivity contribution >= 4 is 28.7 Å². The number of pyridine rings is 1. The van der Waals surface area contributed by atoms with Crippen LogP contribution in [0.2, 0.25) is 0 Å². The van der Waals surface area contributed by atoms with Gasteiger partial charge in [-0.2, -0.15) is 13.2 Å². The molecule has 8 nitrogen and oxygen atoms in total. The van der Waals surface area contributed by atoms with E-state index in [1.54, 1.807) is 31.2 Å². The second kappa shape index (κ2) is 9.45. The number of carbonyl (C=O) groups excluding carboxylic acids is 2. The first-order valence-corrected chi connectivity index (χ1v) is 10.2. The van der Waals surface area contributed by atoms with Gasteiger partial charge in [-0.05, 0) is 31.2 Å². The van der Waals surface area contributed by atoms with Crippen molar-refractivity contribution in [2.75, 3.05) is 19.0 Å². The van der Waals surface area contributed by atoms with E-state index >= 15 is 0 Å². The normalized spacial score (nSPS) is 11.3. The van der Waals surface area contributed by atoms with E-state index in [-0.39, 0.29) is 33.6 Å². The Morgan fingerprint density at radius 1 is 1.09 bits per heavy atom. The number of halogens is 3. The molecule has 11 heteroatoms. The van der Waals surface area contributed by atoms with Crippen LogP contribution >= 0.6 is 0 Å². The molecule has 0 saturated carbocycles. The number of hydrogen-bond donors (Lipinski definition) is 1. The molecule has 1 amide bonds. The number of nitrogens with zero attached hydrogens (tertiary/aromatic N) is 2. The van der Waals surface area contributed by atoms with Crippen molar-refractivity contribution in [3.8, 4) is 17.0 Å². The van der Waals surface area contributed by atoms with Gasteiger partial charge in [0.25, 0.3) is 11.6 Å². The maximum atomic E-state index is 13.5. The van der Waals surface area contributed by atoms with Crippen LogP contribution in [0.25, 0.3) is 22.4 Å². The fraction of sp³-hybridized carbons (Fsp3) is 0.167. The number of nitrogens with one attached hydrogen (secondary N) is 1. The predicted molar refractivity (Wildman–Crippen MR) is 119 cm³/mol. The average molecular weight is 485 g/mol. The number of amides is 1. The summed E-state index contributed by atoms with van der Waals surface area (Å²) >= 11 is 0.